The van der Waals surface area contributed by atoms with E-state index in [4.69, 9.17) is 4.74 Å². The Kier molecular flexibility index (Phi) is 2.50. The van der Waals surface area contributed by atoms with Crippen molar-refractivity contribution in [1.29, 1.82) is 0 Å². The summed E-state index contributed by atoms with van der Waals surface area (Å²) >= 11 is 0. The average molecular weight is 195 g/mol. The lowest BCUT2D eigenvalue weighted by atomic mass is 10.0. The molecule has 3 rings (SSSR count). The average Bonchev–Trinajstić information content (AvgIpc) is 2.85. The zero-order valence-electron chi connectivity index (χ0n) is 8.87. The Morgan fingerprint density at radius 1 is 1.00 bits per heavy atom. The SMILES string of the molecule is C1CC(NCC2CC3CC3C2)CCO1. The van der Waals surface area contributed by atoms with Crippen LogP contribution in [0.15, 0.2) is 0 Å². The summed E-state index contributed by atoms with van der Waals surface area (Å²) in [5, 5.41) is 3.72. The molecule has 2 heteroatoms. The molecule has 2 saturated carbocycles. The van der Waals surface area contributed by atoms with E-state index < -0.39 is 0 Å². The molecule has 2 unspecified atom stereocenters. The highest BCUT2D eigenvalue weighted by Crippen LogP contribution is 2.54. The van der Waals surface area contributed by atoms with Crippen molar-refractivity contribution in [2.45, 2.75) is 38.1 Å². The molecule has 2 aliphatic carbocycles. The third-order valence-electron chi connectivity index (χ3n) is 4.26. The van der Waals surface area contributed by atoms with Crippen LogP contribution in [0.25, 0.3) is 0 Å². The van der Waals surface area contributed by atoms with E-state index in [0.717, 1.165) is 37.0 Å². The molecular formula is C12H21NO. The summed E-state index contributed by atoms with van der Waals surface area (Å²) in [6, 6.07) is 0.751. The van der Waals surface area contributed by atoms with Crippen LogP contribution in [0.3, 0.4) is 0 Å². The predicted molar refractivity (Wildman–Crippen MR) is 56.2 cm³/mol. The van der Waals surface area contributed by atoms with Crippen LogP contribution >= 0.6 is 0 Å². The zero-order chi connectivity index (χ0) is 9.38. The van der Waals surface area contributed by atoms with Crippen molar-refractivity contribution in [3.63, 3.8) is 0 Å². The van der Waals surface area contributed by atoms with E-state index in [1.54, 1.807) is 6.42 Å². The van der Waals surface area contributed by atoms with Crippen molar-refractivity contribution < 1.29 is 4.74 Å². The summed E-state index contributed by atoms with van der Waals surface area (Å²) in [5.74, 6) is 3.27. The molecule has 0 aromatic rings. The normalized spacial score (nSPS) is 42.4. The number of nitrogens with one attached hydrogen (secondary N) is 1. The molecule has 1 N–H and O–H groups in total. The molecule has 14 heavy (non-hydrogen) atoms. The first-order valence-corrected chi connectivity index (χ1v) is 6.23. The predicted octanol–water partition coefficient (Wildman–Crippen LogP) is 1.80. The molecule has 3 aliphatic rings. The Morgan fingerprint density at radius 3 is 2.43 bits per heavy atom. The summed E-state index contributed by atoms with van der Waals surface area (Å²) < 4.78 is 5.36. The van der Waals surface area contributed by atoms with Gasteiger partial charge in [-0.1, -0.05) is 0 Å². The largest absolute Gasteiger partial charge is 0.381 e. The van der Waals surface area contributed by atoms with Crippen molar-refractivity contribution in [2.75, 3.05) is 19.8 Å². The van der Waals surface area contributed by atoms with Gasteiger partial charge < -0.3 is 10.1 Å². The van der Waals surface area contributed by atoms with E-state index in [1.165, 1.54) is 32.2 Å². The molecule has 80 valence electrons. The number of hydrogen-bond donors (Lipinski definition) is 1. The Bertz CT molecular complexity index is 188. The summed E-state index contributed by atoms with van der Waals surface area (Å²) in [6.45, 7) is 3.21. The topological polar surface area (TPSA) is 21.3 Å². The Morgan fingerprint density at radius 2 is 1.71 bits per heavy atom. The molecule has 0 amide bonds. The van der Waals surface area contributed by atoms with Gasteiger partial charge in [0.15, 0.2) is 0 Å². The first-order valence-electron chi connectivity index (χ1n) is 6.23. The van der Waals surface area contributed by atoms with Crippen LogP contribution in [-0.2, 0) is 4.74 Å². The van der Waals surface area contributed by atoms with Gasteiger partial charge >= 0.3 is 0 Å². The van der Waals surface area contributed by atoms with Crippen LogP contribution in [0.1, 0.15) is 32.1 Å². The highest BCUT2D eigenvalue weighted by molar-refractivity contribution is 4.96. The fraction of sp³-hybridized carbons (Fsp3) is 1.00. The second-order valence-corrected chi connectivity index (χ2v) is 5.39. The molecule has 0 spiro atoms. The third kappa shape index (κ3) is 1.96. The summed E-state index contributed by atoms with van der Waals surface area (Å²) in [7, 11) is 0. The Balaban J connectivity index is 1.36. The monoisotopic (exact) mass is 195 g/mol. The number of rotatable bonds is 3. The van der Waals surface area contributed by atoms with Gasteiger partial charge in [-0.05, 0) is 56.4 Å². The Labute approximate surface area is 86.4 Å². The Hall–Kier alpha value is -0.0800. The second kappa shape index (κ2) is 3.82. The van der Waals surface area contributed by atoms with E-state index in [1.807, 2.05) is 0 Å². The zero-order valence-corrected chi connectivity index (χ0v) is 8.87. The molecule has 0 aromatic carbocycles. The minimum absolute atomic E-state index is 0.751. The van der Waals surface area contributed by atoms with E-state index in [-0.39, 0.29) is 0 Å². The van der Waals surface area contributed by atoms with Crippen molar-refractivity contribution in [3.8, 4) is 0 Å². The van der Waals surface area contributed by atoms with E-state index in [0.29, 0.717) is 0 Å². The fourth-order valence-electron chi connectivity index (χ4n) is 3.24. The van der Waals surface area contributed by atoms with Crippen LogP contribution in [-0.4, -0.2) is 25.8 Å². The van der Waals surface area contributed by atoms with Gasteiger partial charge in [0.25, 0.3) is 0 Å². The number of ether oxygens (including phenoxy) is 1. The molecule has 1 heterocycles. The minimum atomic E-state index is 0.751. The van der Waals surface area contributed by atoms with Gasteiger partial charge in [-0.2, -0.15) is 0 Å². The van der Waals surface area contributed by atoms with Gasteiger partial charge in [0.1, 0.15) is 0 Å². The van der Waals surface area contributed by atoms with Gasteiger partial charge in [-0.15, -0.1) is 0 Å². The minimum Gasteiger partial charge on any atom is -0.381 e. The summed E-state index contributed by atoms with van der Waals surface area (Å²) in [4.78, 5) is 0. The quantitative estimate of drug-likeness (QED) is 0.741. The highest BCUT2D eigenvalue weighted by Gasteiger charge is 2.45. The standard InChI is InChI=1S/C12H21NO/c1-3-14-4-2-12(1)13-8-9-5-10-7-11(10)6-9/h9-13H,1-8H2. The molecule has 3 fully saturated rings. The third-order valence-corrected chi connectivity index (χ3v) is 4.26. The maximum atomic E-state index is 5.36. The van der Waals surface area contributed by atoms with Gasteiger partial charge in [0, 0.05) is 19.3 Å². The highest BCUT2D eigenvalue weighted by atomic mass is 16.5. The second-order valence-electron chi connectivity index (χ2n) is 5.39. The van der Waals surface area contributed by atoms with Gasteiger partial charge in [0.05, 0.1) is 0 Å². The van der Waals surface area contributed by atoms with E-state index >= 15 is 0 Å². The van der Waals surface area contributed by atoms with Crippen LogP contribution < -0.4 is 5.32 Å². The molecule has 1 saturated heterocycles. The van der Waals surface area contributed by atoms with Crippen molar-refractivity contribution in [1.82, 2.24) is 5.32 Å². The maximum Gasteiger partial charge on any atom is 0.0480 e. The van der Waals surface area contributed by atoms with Crippen LogP contribution in [0.5, 0.6) is 0 Å². The van der Waals surface area contributed by atoms with Crippen LogP contribution in [0.2, 0.25) is 0 Å². The maximum absolute atomic E-state index is 5.36. The van der Waals surface area contributed by atoms with Gasteiger partial charge in [0.2, 0.25) is 0 Å². The van der Waals surface area contributed by atoms with Crippen molar-refractivity contribution in [3.05, 3.63) is 0 Å². The number of hydrogen-bond acceptors (Lipinski definition) is 2. The van der Waals surface area contributed by atoms with E-state index in [2.05, 4.69) is 5.32 Å². The number of fused-ring (bicyclic) bond motifs is 1. The van der Waals surface area contributed by atoms with Gasteiger partial charge in [-0.3, -0.25) is 0 Å². The van der Waals surface area contributed by atoms with Crippen LogP contribution in [0.4, 0.5) is 0 Å². The molecule has 0 aromatic heterocycles. The molecule has 2 nitrogen and oxygen atoms in total. The van der Waals surface area contributed by atoms with E-state index in [9.17, 15) is 0 Å². The molecule has 0 bridgehead atoms. The fourth-order valence-corrected chi connectivity index (χ4v) is 3.24. The van der Waals surface area contributed by atoms with Crippen molar-refractivity contribution in [2.24, 2.45) is 17.8 Å². The lowest BCUT2D eigenvalue weighted by molar-refractivity contribution is 0.0768. The smallest absolute Gasteiger partial charge is 0.0480 e. The summed E-state index contributed by atoms with van der Waals surface area (Å²) in [6.07, 6.45) is 7.02. The molecule has 0 radical (unpaired) electrons. The molecule has 1 aliphatic heterocycles. The first kappa shape index (κ1) is 9.17. The molecular weight excluding hydrogens is 174 g/mol. The lowest BCUT2D eigenvalue weighted by Gasteiger charge is -2.25. The van der Waals surface area contributed by atoms with Gasteiger partial charge in [-0.25, -0.2) is 0 Å². The van der Waals surface area contributed by atoms with Crippen molar-refractivity contribution >= 4 is 0 Å². The lowest BCUT2D eigenvalue weighted by Crippen LogP contribution is -2.37. The summed E-state index contributed by atoms with van der Waals surface area (Å²) in [5.41, 5.74) is 0. The molecule has 2 atom stereocenters. The first-order chi connectivity index (χ1) is 6.92. The van der Waals surface area contributed by atoms with Crippen LogP contribution in [0, 0.1) is 17.8 Å².